The molecule has 0 aliphatic heterocycles. The van der Waals surface area contributed by atoms with Crippen LogP contribution < -0.4 is 0 Å². The fourth-order valence-corrected chi connectivity index (χ4v) is 16.1. The van der Waals surface area contributed by atoms with Crippen LogP contribution in [0.15, 0.2) is 134 Å². The summed E-state index contributed by atoms with van der Waals surface area (Å²) in [6.07, 6.45) is 11.2. The van der Waals surface area contributed by atoms with Crippen molar-refractivity contribution < 1.29 is 68.5 Å². The van der Waals surface area contributed by atoms with Gasteiger partial charge in [0.05, 0.1) is 16.8 Å². The molecule has 0 N–H and O–H groups in total. The molecule has 8 aliphatic rings. The van der Waals surface area contributed by atoms with Crippen molar-refractivity contribution in [2.75, 3.05) is 0 Å². The molecule has 0 amide bonds. The van der Waals surface area contributed by atoms with Gasteiger partial charge in [-0.2, -0.15) is 72.9 Å². The second-order valence-corrected chi connectivity index (χ2v) is 25.7. The van der Waals surface area contributed by atoms with Gasteiger partial charge < -0.3 is 9.97 Å². The molecule has 0 unspecified atom stereocenters. The van der Waals surface area contributed by atoms with Crippen molar-refractivity contribution in [3.8, 4) is 33.9 Å². The molecular formula is C68H64F6N6Pt2. The first-order valence-corrected chi connectivity index (χ1v) is 28.5. The fraction of sp³-hybridized carbons (Fsp3) is 0.412. The smallest absolute Gasteiger partial charge is 0.300 e. The van der Waals surface area contributed by atoms with Gasteiger partial charge in [-0.3, -0.25) is 9.36 Å². The number of rotatable bonds is 10. The van der Waals surface area contributed by atoms with Crippen LogP contribution in [0.25, 0.3) is 33.9 Å². The second kappa shape index (κ2) is 21.9. The predicted octanol–water partition coefficient (Wildman–Crippen LogP) is 16.7. The minimum absolute atomic E-state index is 0. The minimum Gasteiger partial charge on any atom is -0.300 e. The third-order valence-corrected chi connectivity index (χ3v) is 19.4. The normalized spacial score (nSPS) is 25.2. The fourth-order valence-electron chi connectivity index (χ4n) is 16.1. The molecule has 428 valence electrons. The van der Waals surface area contributed by atoms with Crippen LogP contribution in [0.3, 0.4) is 0 Å². The molecule has 0 radical (unpaired) electrons. The van der Waals surface area contributed by atoms with Crippen molar-refractivity contribution >= 4 is 0 Å². The molecule has 0 spiro atoms. The largest absolute Gasteiger partial charge is 2.00 e. The zero-order chi connectivity index (χ0) is 55.4. The van der Waals surface area contributed by atoms with E-state index in [1.807, 2.05) is 0 Å². The number of nitrogens with zero attached hydrogens (tertiary/aromatic N) is 6. The van der Waals surface area contributed by atoms with E-state index in [0.717, 1.165) is 93.7 Å². The van der Waals surface area contributed by atoms with Gasteiger partial charge in [0, 0.05) is 29.2 Å². The monoisotopic (exact) mass is 1470 g/mol. The van der Waals surface area contributed by atoms with E-state index < -0.39 is 28.9 Å². The minimum atomic E-state index is -4.49. The molecule has 14 heteroatoms. The molecule has 4 aromatic carbocycles. The number of halogens is 6. The van der Waals surface area contributed by atoms with E-state index in [2.05, 4.69) is 121 Å². The average molecular weight is 1470 g/mol. The molecule has 6 nitrogen and oxygen atoms in total. The third kappa shape index (κ3) is 11.1. The summed E-state index contributed by atoms with van der Waals surface area (Å²) in [5.74, 6) is 5.65. The van der Waals surface area contributed by atoms with Crippen LogP contribution >= 0.6 is 0 Å². The molecule has 4 aromatic heterocycles. The Bertz CT molecular complexity index is 3310. The van der Waals surface area contributed by atoms with E-state index in [4.69, 9.17) is 9.97 Å². The Morgan fingerprint density at radius 2 is 0.768 bits per heavy atom. The van der Waals surface area contributed by atoms with E-state index in [-0.39, 0.29) is 58.9 Å². The molecule has 8 fully saturated rings. The number of aromatic nitrogens is 6. The van der Waals surface area contributed by atoms with E-state index >= 15 is 0 Å². The Morgan fingerprint density at radius 1 is 0.427 bits per heavy atom. The zero-order valence-corrected chi connectivity index (χ0v) is 50.8. The van der Waals surface area contributed by atoms with Crippen LogP contribution in [0.2, 0.25) is 0 Å². The van der Waals surface area contributed by atoms with Crippen LogP contribution in [0.1, 0.15) is 150 Å². The number of hydrogen-bond donors (Lipinski definition) is 0. The average Bonchev–Trinajstić information content (AvgIpc) is 3.19. The Kier molecular flexibility index (Phi) is 15.6. The van der Waals surface area contributed by atoms with Gasteiger partial charge in [-0.05, 0) is 198 Å². The molecule has 0 atom stereocenters. The van der Waals surface area contributed by atoms with Crippen molar-refractivity contribution in [2.24, 2.45) is 35.5 Å². The predicted molar refractivity (Wildman–Crippen MR) is 296 cm³/mol. The molecule has 0 saturated heterocycles. The molecule has 8 aliphatic carbocycles. The maximum atomic E-state index is 13.0. The maximum Gasteiger partial charge on any atom is 2.00 e. The van der Waals surface area contributed by atoms with Gasteiger partial charge in [0.2, 0.25) is 0 Å². The first-order valence-electron chi connectivity index (χ1n) is 28.5. The van der Waals surface area contributed by atoms with Gasteiger partial charge >= 0.3 is 54.5 Å². The molecule has 16 rings (SSSR count). The van der Waals surface area contributed by atoms with Gasteiger partial charge in [0.1, 0.15) is 0 Å². The molecule has 8 aromatic rings. The first-order chi connectivity index (χ1) is 38.2. The third-order valence-electron chi connectivity index (χ3n) is 19.4. The molecule has 8 bridgehead atoms. The van der Waals surface area contributed by atoms with Gasteiger partial charge in [-0.1, -0.05) is 35.4 Å². The Hall–Kier alpha value is -5.44. The van der Waals surface area contributed by atoms with Crippen molar-refractivity contribution in [1.29, 1.82) is 0 Å². The Morgan fingerprint density at radius 3 is 1.12 bits per heavy atom. The number of hydrogen-bond acceptors (Lipinski definition) is 4. The van der Waals surface area contributed by atoms with Gasteiger partial charge in [0.25, 0.3) is 0 Å². The number of alkyl halides is 6. The first kappa shape index (κ1) is 58.3. The maximum absolute atomic E-state index is 13.0. The van der Waals surface area contributed by atoms with Gasteiger partial charge in [-0.25, -0.2) is 0 Å². The standard InChI is InChI=1S/C45H48N2.C23H16F6N4.2Pt/c1-43(2,41-13-5-11-39(46-41)35-7-3-9-37(21-35)44-23-29-15-30(24-44)17-31(16-29)25-44)42-14-6-12-40(47-42)36-8-4-10-38(22-36)45-26-32-18-33(27-45)20-34(19-32)28-45;1-21(2,19-9-11-32(30-19)17-7-3-5-15(13-17)22(24,25)26)20-10-12-33(31-20)18-8-4-6-16(14-18)23(27,28)29;;/h3-6,9-14,21-22,29-34H,15-20,23-28H2,1-2H3;3-6,9-14H,1-2H3;;/q2*-2;2*+2. The van der Waals surface area contributed by atoms with E-state index in [1.54, 1.807) is 37.1 Å². The summed E-state index contributed by atoms with van der Waals surface area (Å²) in [6, 6.07) is 49.0. The molecule has 82 heavy (non-hydrogen) atoms. The van der Waals surface area contributed by atoms with Gasteiger partial charge in [-0.15, -0.1) is 82.9 Å². The van der Waals surface area contributed by atoms with Crippen LogP contribution in [-0.4, -0.2) is 29.5 Å². The summed E-state index contributed by atoms with van der Waals surface area (Å²) in [5, 5.41) is 8.78. The molecule has 8 saturated carbocycles. The topological polar surface area (TPSA) is 61.4 Å². The molecule has 4 heterocycles. The summed E-state index contributed by atoms with van der Waals surface area (Å²) in [6.45, 7) is 8.16. The Labute approximate surface area is 505 Å². The number of benzene rings is 4. The quantitative estimate of drug-likeness (QED) is 0.101. The van der Waals surface area contributed by atoms with Crippen LogP contribution in [-0.2, 0) is 76.1 Å². The SMILES string of the molecule is CC(C)(c1cccc(-c2[c-]ccc(C34CC5CC(CC(C5)C3)C4)c2)n1)c1cccc(-c2[c-]ccc(C34CC5CC(CC(C5)C3)C4)c2)n1.CC(C)(c1ccn(-c2[c-]ccc(C(F)(F)F)c2)n1)c1ccn(-c2[c-]ccc(C(F)(F)F)c2)n1.[Pt+2].[Pt+2]. The van der Waals surface area contributed by atoms with Crippen LogP contribution in [0, 0.1) is 59.8 Å². The van der Waals surface area contributed by atoms with E-state index in [0.29, 0.717) is 22.2 Å². The number of pyridine rings is 2. The van der Waals surface area contributed by atoms with Crippen molar-refractivity contribution in [1.82, 2.24) is 29.5 Å². The van der Waals surface area contributed by atoms with Crippen LogP contribution in [0.5, 0.6) is 0 Å². The summed E-state index contributed by atoms with van der Waals surface area (Å²) in [4.78, 5) is 10.6. The van der Waals surface area contributed by atoms with Crippen molar-refractivity contribution in [2.45, 2.75) is 139 Å². The summed E-state index contributed by atoms with van der Waals surface area (Å²) in [7, 11) is 0. The summed E-state index contributed by atoms with van der Waals surface area (Å²) < 4.78 is 80.6. The summed E-state index contributed by atoms with van der Waals surface area (Å²) in [5.41, 5.74) is 8.74. The summed E-state index contributed by atoms with van der Waals surface area (Å²) >= 11 is 0. The Balaban J connectivity index is 0.000000179. The van der Waals surface area contributed by atoms with E-state index in [1.165, 1.54) is 111 Å². The second-order valence-electron chi connectivity index (χ2n) is 25.7. The molecular weight excluding hydrogens is 1400 g/mol. The van der Waals surface area contributed by atoms with Crippen LogP contribution in [0.4, 0.5) is 26.3 Å². The van der Waals surface area contributed by atoms with Gasteiger partial charge in [0.15, 0.2) is 0 Å². The van der Waals surface area contributed by atoms with Crippen molar-refractivity contribution in [3.63, 3.8) is 0 Å². The zero-order valence-electron chi connectivity index (χ0n) is 46.2. The van der Waals surface area contributed by atoms with Crippen molar-refractivity contribution in [3.05, 3.63) is 203 Å². The van der Waals surface area contributed by atoms with E-state index in [9.17, 15) is 26.3 Å².